The maximum absolute atomic E-state index is 13.6. The SMILES string of the molecule is COc1cccc(OC)c1-n1c(CS(=O)(=O)[C@@H](C)[C@H](C)c2ncc(C)cn2)nnc1[C@H]1CCCNC1. The number of nitrogens with one attached hydrogen (secondary N) is 1. The Bertz CT molecular complexity index is 1260. The van der Waals surface area contributed by atoms with Crippen LogP contribution in [0.5, 0.6) is 11.5 Å². The van der Waals surface area contributed by atoms with E-state index in [0.717, 1.165) is 31.5 Å². The number of rotatable bonds is 9. The van der Waals surface area contributed by atoms with Crippen LogP contribution in [0.1, 0.15) is 61.6 Å². The molecule has 0 bridgehead atoms. The summed E-state index contributed by atoms with van der Waals surface area (Å²) in [4.78, 5) is 8.69. The van der Waals surface area contributed by atoms with E-state index in [9.17, 15) is 8.42 Å². The molecule has 1 N–H and O–H groups in total. The van der Waals surface area contributed by atoms with Gasteiger partial charge in [-0.1, -0.05) is 13.0 Å². The summed E-state index contributed by atoms with van der Waals surface area (Å²) in [6.07, 6.45) is 5.33. The number of ether oxygens (including phenoxy) is 2. The first-order valence-electron chi connectivity index (χ1n) is 12.1. The van der Waals surface area contributed by atoms with Gasteiger partial charge in [0.25, 0.3) is 0 Å². The van der Waals surface area contributed by atoms with Crippen molar-refractivity contribution in [3.05, 3.63) is 53.6 Å². The van der Waals surface area contributed by atoms with E-state index in [1.54, 1.807) is 33.5 Å². The number of hydrogen-bond acceptors (Lipinski definition) is 9. The fourth-order valence-electron chi connectivity index (χ4n) is 4.53. The van der Waals surface area contributed by atoms with E-state index < -0.39 is 21.0 Å². The van der Waals surface area contributed by atoms with Gasteiger partial charge >= 0.3 is 0 Å². The van der Waals surface area contributed by atoms with Crippen LogP contribution in [0.2, 0.25) is 0 Å². The molecule has 3 heterocycles. The summed E-state index contributed by atoms with van der Waals surface area (Å²) in [5, 5.41) is 11.6. The van der Waals surface area contributed by atoms with Gasteiger partial charge in [-0.3, -0.25) is 4.57 Å². The number of aryl methyl sites for hydroxylation is 1. The van der Waals surface area contributed by atoms with Gasteiger partial charge in [0.1, 0.15) is 34.6 Å². The summed E-state index contributed by atoms with van der Waals surface area (Å²) in [5.74, 6) is 2.00. The predicted octanol–water partition coefficient (Wildman–Crippen LogP) is 2.96. The molecule has 10 nitrogen and oxygen atoms in total. The lowest BCUT2D eigenvalue weighted by molar-refractivity contribution is 0.387. The Kier molecular flexibility index (Phi) is 7.89. The fraction of sp³-hybridized carbons (Fsp3) is 0.520. The molecule has 11 heteroatoms. The summed E-state index contributed by atoms with van der Waals surface area (Å²) < 4.78 is 40.4. The van der Waals surface area contributed by atoms with Gasteiger partial charge in [-0.15, -0.1) is 10.2 Å². The van der Waals surface area contributed by atoms with Crippen molar-refractivity contribution in [2.75, 3.05) is 27.3 Å². The van der Waals surface area contributed by atoms with Crippen LogP contribution in [0.3, 0.4) is 0 Å². The number of hydrogen-bond donors (Lipinski definition) is 1. The second-order valence-electron chi connectivity index (χ2n) is 9.28. The minimum Gasteiger partial charge on any atom is -0.494 e. The van der Waals surface area contributed by atoms with Gasteiger partial charge in [0.05, 0.1) is 19.5 Å². The lowest BCUT2D eigenvalue weighted by Gasteiger charge is -2.25. The van der Waals surface area contributed by atoms with E-state index in [2.05, 4.69) is 25.5 Å². The van der Waals surface area contributed by atoms with E-state index >= 15 is 0 Å². The first-order valence-corrected chi connectivity index (χ1v) is 13.8. The monoisotopic (exact) mass is 514 g/mol. The average molecular weight is 515 g/mol. The Morgan fingerprint density at radius 1 is 1.11 bits per heavy atom. The van der Waals surface area contributed by atoms with Gasteiger partial charge in [-0.05, 0) is 50.9 Å². The second kappa shape index (κ2) is 10.9. The van der Waals surface area contributed by atoms with Crippen molar-refractivity contribution in [3.8, 4) is 17.2 Å². The van der Waals surface area contributed by atoms with Crippen LogP contribution >= 0.6 is 0 Å². The molecule has 0 saturated carbocycles. The molecule has 36 heavy (non-hydrogen) atoms. The molecule has 1 aromatic carbocycles. The zero-order chi connectivity index (χ0) is 25.9. The van der Waals surface area contributed by atoms with E-state index in [1.165, 1.54) is 0 Å². The van der Waals surface area contributed by atoms with Crippen molar-refractivity contribution in [1.82, 2.24) is 30.0 Å². The highest BCUT2D eigenvalue weighted by atomic mass is 32.2. The molecule has 0 aliphatic carbocycles. The Morgan fingerprint density at radius 2 is 1.78 bits per heavy atom. The van der Waals surface area contributed by atoms with Gasteiger partial charge in [0.2, 0.25) is 0 Å². The molecular weight excluding hydrogens is 480 g/mol. The van der Waals surface area contributed by atoms with Crippen molar-refractivity contribution in [2.45, 2.75) is 56.5 Å². The number of benzene rings is 1. The second-order valence-corrected chi connectivity index (χ2v) is 11.6. The summed E-state index contributed by atoms with van der Waals surface area (Å²) in [7, 11) is -0.507. The first kappa shape index (κ1) is 26.0. The number of aromatic nitrogens is 5. The van der Waals surface area contributed by atoms with Gasteiger partial charge < -0.3 is 14.8 Å². The van der Waals surface area contributed by atoms with Gasteiger partial charge in [-0.2, -0.15) is 0 Å². The van der Waals surface area contributed by atoms with Crippen LogP contribution in [-0.4, -0.2) is 65.7 Å². The third-order valence-electron chi connectivity index (χ3n) is 6.85. The van der Waals surface area contributed by atoms with Gasteiger partial charge in [0, 0.05) is 30.8 Å². The normalized spacial score (nSPS) is 18.0. The summed E-state index contributed by atoms with van der Waals surface area (Å²) in [5.41, 5.74) is 1.52. The molecule has 3 aromatic rings. The average Bonchev–Trinajstić information content (AvgIpc) is 3.30. The first-order chi connectivity index (χ1) is 17.3. The molecule has 0 spiro atoms. The Labute approximate surface area is 212 Å². The Hall–Kier alpha value is -3.05. The van der Waals surface area contributed by atoms with Crippen molar-refractivity contribution >= 4 is 9.84 Å². The molecule has 194 valence electrons. The van der Waals surface area contributed by atoms with Crippen molar-refractivity contribution in [3.63, 3.8) is 0 Å². The third-order valence-corrected chi connectivity index (χ3v) is 9.05. The van der Waals surface area contributed by atoms with Crippen LogP contribution in [-0.2, 0) is 15.6 Å². The molecule has 2 aromatic heterocycles. The third kappa shape index (κ3) is 5.22. The molecule has 0 unspecified atom stereocenters. The van der Waals surface area contributed by atoms with Crippen LogP contribution < -0.4 is 14.8 Å². The van der Waals surface area contributed by atoms with E-state index in [0.29, 0.717) is 34.7 Å². The zero-order valence-corrected chi connectivity index (χ0v) is 22.2. The number of sulfone groups is 1. The van der Waals surface area contributed by atoms with Crippen molar-refractivity contribution < 1.29 is 17.9 Å². The van der Waals surface area contributed by atoms with Gasteiger partial charge in [0.15, 0.2) is 15.7 Å². The van der Waals surface area contributed by atoms with E-state index in [4.69, 9.17) is 9.47 Å². The fourth-order valence-corrected chi connectivity index (χ4v) is 6.08. The lowest BCUT2D eigenvalue weighted by Crippen LogP contribution is -2.30. The predicted molar refractivity (Wildman–Crippen MR) is 137 cm³/mol. The van der Waals surface area contributed by atoms with Crippen molar-refractivity contribution in [2.24, 2.45) is 0 Å². The smallest absolute Gasteiger partial charge is 0.160 e. The highest BCUT2D eigenvalue weighted by Crippen LogP contribution is 2.37. The molecule has 1 saturated heterocycles. The molecular formula is C25H34N6O4S. The number of nitrogens with zero attached hydrogens (tertiary/aromatic N) is 5. The molecule has 3 atom stereocenters. The Morgan fingerprint density at radius 3 is 2.36 bits per heavy atom. The maximum atomic E-state index is 13.6. The van der Waals surface area contributed by atoms with Crippen molar-refractivity contribution in [1.29, 1.82) is 0 Å². The summed E-state index contributed by atoms with van der Waals surface area (Å²) in [6, 6.07) is 5.46. The minimum absolute atomic E-state index is 0.0784. The number of para-hydroxylation sites is 1. The molecule has 0 amide bonds. The van der Waals surface area contributed by atoms with Crippen LogP contribution in [0.25, 0.3) is 5.69 Å². The summed E-state index contributed by atoms with van der Waals surface area (Å²) >= 11 is 0. The quantitative estimate of drug-likeness (QED) is 0.459. The van der Waals surface area contributed by atoms with Gasteiger partial charge in [-0.25, -0.2) is 18.4 Å². The highest BCUT2D eigenvalue weighted by Gasteiger charge is 2.34. The highest BCUT2D eigenvalue weighted by molar-refractivity contribution is 7.91. The molecule has 1 aliphatic rings. The topological polar surface area (TPSA) is 121 Å². The number of methoxy groups -OCH3 is 2. The largest absolute Gasteiger partial charge is 0.494 e. The molecule has 1 fully saturated rings. The van der Waals surface area contributed by atoms with Crippen LogP contribution in [0.4, 0.5) is 0 Å². The lowest BCUT2D eigenvalue weighted by atomic mass is 9.98. The van der Waals surface area contributed by atoms with Crippen LogP contribution in [0.15, 0.2) is 30.6 Å². The maximum Gasteiger partial charge on any atom is 0.160 e. The molecule has 0 radical (unpaired) electrons. The minimum atomic E-state index is -3.66. The number of piperidine rings is 1. The van der Waals surface area contributed by atoms with E-state index in [1.807, 2.05) is 36.6 Å². The standard InChI is InChI=1S/C25H34N6O4S/c1-16-12-27-24(28-13-16)17(2)18(3)36(32,33)15-22-29-30-25(19-8-7-11-26-14-19)31(22)23-20(34-4)9-6-10-21(23)35-5/h6,9-10,12-13,17-19,26H,7-8,11,14-15H2,1-5H3/t17-,18-,19-/m0/s1. The molecule has 4 rings (SSSR count). The van der Waals surface area contributed by atoms with Crippen LogP contribution in [0, 0.1) is 6.92 Å². The summed E-state index contributed by atoms with van der Waals surface area (Å²) in [6.45, 7) is 7.10. The zero-order valence-electron chi connectivity index (χ0n) is 21.4. The van der Waals surface area contributed by atoms with E-state index in [-0.39, 0.29) is 11.7 Å². The Balaban J connectivity index is 1.77. The molecule has 1 aliphatic heterocycles.